The molecule has 2 heterocycles. The van der Waals surface area contributed by atoms with Crippen LogP contribution in [0.2, 0.25) is 5.02 Å². The topological polar surface area (TPSA) is 76.9 Å². The fourth-order valence-electron chi connectivity index (χ4n) is 3.55. The molecule has 0 fully saturated rings. The van der Waals surface area contributed by atoms with Crippen molar-refractivity contribution >= 4 is 29.3 Å². The van der Waals surface area contributed by atoms with Crippen molar-refractivity contribution in [3.8, 4) is 0 Å². The molecule has 1 aliphatic rings. The van der Waals surface area contributed by atoms with E-state index in [1.54, 1.807) is 12.1 Å². The Kier molecular flexibility index (Phi) is 7.03. The van der Waals surface area contributed by atoms with Crippen molar-refractivity contribution in [1.29, 1.82) is 0 Å². The average molecular weight is 463 g/mol. The van der Waals surface area contributed by atoms with Crippen LogP contribution in [0.3, 0.4) is 0 Å². The molecule has 1 aromatic carbocycles. The first kappa shape index (κ1) is 23.9. The molecule has 174 valence electrons. The minimum Gasteiger partial charge on any atom is -0.444 e. The molecule has 0 N–H and O–H groups in total. The van der Waals surface area contributed by atoms with Gasteiger partial charge in [0.25, 0.3) is 5.56 Å². The van der Waals surface area contributed by atoms with E-state index < -0.39 is 11.7 Å². The lowest BCUT2D eigenvalue weighted by atomic mass is 10.1. The molecule has 0 unspecified atom stereocenters. The van der Waals surface area contributed by atoms with Gasteiger partial charge in [0.05, 0.1) is 17.8 Å². The number of ether oxygens (including phenoxy) is 1. The molecule has 3 rings (SSSR count). The van der Waals surface area contributed by atoms with Crippen molar-refractivity contribution < 1.29 is 14.4 Å². The second-order valence-corrected chi connectivity index (χ2v) is 9.69. The Bertz CT molecular complexity index is 1030. The molecular formula is C23H31ClN4O4. The zero-order chi connectivity index (χ0) is 23.6. The molecule has 9 heteroatoms. The van der Waals surface area contributed by atoms with Gasteiger partial charge in [-0.15, -0.1) is 4.73 Å². The first-order valence-electron chi connectivity index (χ1n) is 10.7. The molecule has 0 saturated carbocycles. The van der Waals surface area contributed by atoms with Crippen molar-refractivity contribution in [3.63, 3.8) is 0 Å². The van der Waals surface area contributed by atoms with Gasteiger partial charge in [0.1, 0.15) is 12.7 Å². The first-order chi connectivity index (χ1) is 15.0. The van der Waals surface area contributed by atoms with Crippen LogP contribution in [-0.2, 0) is 17.7 Å². The third kappa shape index (κ3) is 5.35. The highest BCUT2D eigenvalue weighted by molar-refractivity contribution is 6.30. The second-order valence-electron chi connectivity index (χ2n) is 9.25. The maximum atomic E-state index is 13.4. The number of carbonyl (C=O) groups is 1. The Hall–Kier alpha value is -2.74. The Balaban J connectivity index is 2.02. The van der Waals surface area contributed by atoms with Gasteiger partial charge in [0.2, 0.25) is 5.95 Å². The van der Waals surface area contributed by atoms with Crippen LogP contribution in [0.4, 0.5) is 16.4 Å². The van der Waals surface area contributed by atoms with Crippen LogP contribution in [0.25, 0.3) is 0 Å². The van der Waals surface area contributed by atoms with Crippen LogP contribution in [-0.4, -0.2) is 46.5 Å². The number of fused-ring (bicyclic) bond motifs is 1. The average Bonchev–Trinajstić information content (AvgIpc) is 2.71. The number of amides is 1. The van der Waals surface area contributed by atoms with Gasteiger partial charge in [0, 0.05) is 30.2 Å². The zero-order valence-electron chi connectivity index (χ0n) is 19.5. The number of hydrogen-bond donors (Lipinski definition) is 0. The summed E-state index contributed by atoms with van der Waals surface area (Å²) in [5.74, 6) is 0.699. The first-order valence-corrected chi connectivity index (χ1v) is 11.1. The van der Waals surface area contributed by atoms with Crippen LogP contribution in [0.5, 0.6) is 0 Å². The van der Waals surface area contributed by atoms with E-state index in [1.165, 1.54) is 16.7 Å². The van der Waals surface area contributed by atoms with Crippen molar-refractivity contribution in [2.45, 2.75) is 53.2 Å². The van der Waals surface area contributed by atoms with Gasteiger partial charge < -0.3 is 19.4 Å². The van der Waals surface area contributed by atoms with E-state index in [2.05, 4.69) is 13.8 Å². The molecule has 0 aliphatic carbocycles. The molecule has 0 saturated heterocycles. The monoisotopic (exact) mass is 462 g/mol. The number of nitrogens with zero attached hydrogens (tertiary/aromatic N) is 4. The summed E-state index contributed by atoms with van der Waals surface area (Å²) < 4.78 is 6.66. The van der Waals surface area contributed by atoms with Gasteiger partial charge in [-0.2, -0.15) is 0 Å². The minimum absolute atomic E-state index is 0.130. The lowest BCUT2D eigenvalue weighted by Gasteiger charge is -2.32. The van der Waals surface area contributed by atoms with Gasteiger partial charge in [-0.1, -0.05) is 25.4 Å². The summed E-state index contributed by atoms with van der Waals surface area (Å²) in [5.41, 5.74) is 1.02. The minimum atomic E-state index is -0.609. The highest BCUT2D eigenvalue weighted by Crippen LogP contribution is 2.27. The Morgan fingerprint density at radius 3 is 2.47 bits per heavy atom. The summed E-state index contributed by atoms with van der Waals surface area (Å²) in [6.45, 7) is 10.8. The van der Waals surface area contributed by atoms with Crippen LogP contribution < -0.4 is 15.3 Å². The van der Waals surface area contributed by atoms with Crippen LogP contribution in [0.1, 0.15) is 45.9 Å². The van der Waals surface area contributed by atoms with Crippen molar-refractivity contribution in [3.05, 3.63) is 50.9 Å². The standard InChI is InChI=1S/C23H31ClN4O4/c1-15(2)13-27(17-9-7-16(24)8-10-17)21-25-19-11-12-26(22(30)32-23(3,4)5)14-18(19)20(29)28(21)31-6/h7-10,15H,11-14H2,1-6H3. The van der Waals surface area contributed by atoms with Crippen molar-refractivity contribution in [2.24, 2.45) is 5.92 Å². The second kappa shape index (κ2) is 9.40. The molecule has 1 aromatic heterocycles. The number of aromatic nitrogens is 2. The van der Waals surface area contributed by atoms with E-state index in [-0.39, 0.29) is 12.1 Å². The van der Waals surface area contributed by atoms with E-state index in [9.17, 15) is 9.59 Å². The Morgan fingerprint density at radius 1 is 1.25 bits per heavy atom. The molecule has 0 bridgehead atoms. The Labute approximate surface area is 193 Å². The summed E-state index contributed by atoms with van der Waals surface area (Å²) in [7, 11) is 1.43. The van der Waals surface area contributed by atoms with Crippen molar-refractivity contribution in [1.82, 2.24) is 14.6 Å². The van der Waals surface area contributed by atoms with E-state index in [0.717, 1.165) is 5.69 Å². The van der Waals surface area contributed by atoms with Gasteiger partial charge >= 0.3 is 6.09 Å². The van der Waals surface area contributed by atoms with Crippen LogP contribution >= 0.6 is 11.6 Å². The Morgan fingerprint density at radius 2 is 1.91 bits per heavy atom. The largest absolute Gasteiger partial charge is 0.444 e. The lowest BCUT2D eigenvalue weighted by molar-refractivity contribution is 0.0219. The van der Waals surface area contributed by atoms with E-state index in [4.69, 9.17) is 26.2 Å². The molecular weight excluding hydrogens is 432 g/mol. The quantitative estimate of drug-likeness (QED) is 0.667. The SMILES string of the molecule is COn1c(N(CC(C)C)c2ccc(Cl)cc2)nc2c(c1=O)CN(C(=O)OC(C)(C)C)CC2. The molecule has 32 heavy (non-hydrogen) atoms. The maximum absolute atomic E-state index is 13.4. The summed E-state index contributed by atoms with van der Waals surface area (Å²) in [4.78, 5) is 39.7. The molecule has 0 spiro atoms. The summed E-state index contributed by atoms with van der Waals surface area (Å²) >= 11 is 6.07. The molecule has 0 radical (unpaired) electrons. The van der Waals surface area contributed by atoms with Gasteiger partial charge in [0.15, 0.2) is 0 Å². The number of anilines is 2. The molecule has 0 atom stereocenters. The highest BCUT2D eigenvalue weighted by Gasteiger charge is 2.31. The molecule has 2 aromatic rings. The third-order valence-electron chi connectivity index (χ3n) is 4.94. The fourth-order valence-corrected chi connectivity index (χ4v) is 3.68. The fraction of sp³-hybridized carbons (Fsp3) is 0.522. The van der Waals surface area contributed by atoms with Gasteiger partial charge in [-0.3, -0.25) is 4.79 Å². The summed E-state index contributed by atoms with van der Waals surface area (Å²) in [5, 5.41) is 0.628. The third-order valence-corrected chi connectivity index (χ3v) is 5.19. The number of benzene rings is 1. The highest BCUT2D eigenvalue weighted by atomic mass is 35.5. The van der Waals surface area contributed by atoms with E-state index in [0.29, 0.717) is 47.7 Å². The van der Waals surface area contributed by atoms with Crippen LogP contribution in [0, 0.1) is 5.92 Å². The predicted octanol–water partition coefficient (Wildman–Crippen LogP) is 4.04. The zero-order valence-corrected chi connectivity index (χ0v) is 20.3. The summed E-state index contributed by atoms with van der Waals surface area (Å²) in [6, 6.07) is 7.38. The molecule has 1 aliphatic heterocycles. The number of rotatable bonds is 5. The number of halogens is 1. The van der Waals surface area contributed by atoms with Crippen molar-refractivity contribution in [2.75, 3.05) is 25.1 Å². The van der Waals surface area contributed by atoms with E-state index in [1.807, 2.05) is 37.8 Å². The smallest absolute Gasteiger partial charge is 0.410 e. The maximum Gasteiger partial charge on any atom is 0.410 e. The van der Waals surface area contributed by atoms with Gasteiger partial charge in [-0.05, 0) is 51.0 Å². The molecule has 1 amide bonds. The normalized spacial score (nSPS) is 13.7. The van der Waals surface area contributed by atoms with Gasteiger partial charge in [-0.25, -0.2) is 9.78 Å². The van der Waals surface area contributed by atoms with Crippen LogP contribution in [0.15, 0.2) is 29.1 Å². The number of hydrogen-bond acceptors (Lipinski definition) is 6. The molecule has 8 nitrogen and oxygen atoms in total. The predicted molar refractivity (Wildman–Crippen MR) is 125 cm³/mol. The summed E-state index contributed by atoms with van der Waals surface area (Å²) in [6.07, 6.45) is 0.00974. The lowest BCUT2D eigenvalue weighted by Crippen LogP contribution is -2.45. The van der Waals surface area contributed by atoms with E-state index >= 15 is 0 Å². The number of carbonyl (C=O) groups excluding carboxylic acids is 1.